The van der Waals surface area contributed by atoms with E-state index in [2.05, 4.69) is 17.6 Å². The highest BCUT2D eigenvalue weighted by atomic mass is 32.2. The maximum absolute atomic E-state index is 12.7. The Balaban J connectivity index is 1.62. The van der Waals surface area contributed by atoms with Crippen LogP contribution >= 0.6 is 11.8 Å². The topological polar surface area (TPSA) is 92.3 Å². The standard InChI is InChI=1S/C20H28N2O4S2/c1-3-17-20(24)22-16-12-14(8-9-18(16)27-17)28(25,26)11-10-19(23)21-15-7-5-4-6-13(15)2/h8-9,12-13,15,17H,3-7,10-11H2,1-2H3,(H,21,23)(H,22,24)/t13-,15+,17+/m1/s1. The number of amides is 2. The van der Waals surface area contributed by atoms with Gasteiger partial charge in [-0.25, -0.2) is 8.42 Å². The normalized spacial score (nSPS) is 24.9. The Kier molecular flexibility index (Phi) is 6.70. The quantitative estimate of drug-likeness (QED) is 0.730. The van der Waals surface area contributed by atoms with Crippen LogP contribution in [-0.2, 0) is 19.4 Å². The second kappa shape index (κ2) is 8.86. The molecule has 6 nitrogen and oxygen atoms in total. The second-order valence-electron chi connectivity index (χ2n) is 7.67. The number of hydrogen-bond acceptors (Lipinski definition) is 5. The molecule has 0 aromatic heterocycles. The Hall–Kier alpha value is -1.54. The van der Waals surface area contributed by atoms with Crippen LogP contribution in [0.4, 0.5) is 5.69 Å². The average Bonchev–Trinajstić information content (AvgIpc) is 2.67. The van der Waals surface area contributed by atoms with E-state index >= 15 is 0 Å². The minimum absolute atomic E-state index is 0.0539. The van der Waals surface area contributed by atoms with Gasteiger partial charge in [0.2, 0.25) is 11.8 Å². The number of thioether (sulfide) groups is 1. The third-order valence-electron chi connectivity index (χ3n) is 5.56. The lowest BCUT2D eigenvalue weighted by Gasteiger charge is -2.29. The van der Waals surface area contributed by atoms with Crippen molar-refractivity contribution < 1.29 is 18.0 Å². The number of carbonyl (C=O) groups excluding carboxylic acids is 2. The minimum Gasteiger partial charge on any atom is -0.353 e. The van der Waals surface area contributed by atoms with Crippen molar-refractivity contribution in [2.45, 2.75) is 73.5 Å². The predicted molar refractivity (Wildman–Crippen MR) is 111 cm³/mol. The van der Waals surface area contributed by atoms with Crippen molar-refractivity contribution >= 4 is 39.1 Å². The fourth-order valence-corrected chi connectivity index (χ4v) is 6.03. The maximum Gasteiger partial charge on any atom is 0.237 e. The fraction of sp³-hybridized carbons (Fsp3) is 0.600. The summed E-state index contributed by atoms with van der Waals surface area (Å²) in [6, 6.07) is 4.94. The first-order valence-corrected chi connectivity index (χ1v) is 12.5. The molecule has 2 N–H and O–H groups in total. The Labute approximate surface area is 171 Å². The third-order valence-corrected chi connectivity index (χ3v) is 8.71. The van der Waals surface area contributed by atoms with Gasteiger partial charge in [-0.15, -0.1) is 11.8 Å². The van der Waals surface area contributed by atoms with Crippen LogP contribution in [0.25, 0.3) is 0 Å². The fourth-order valence-electron chi connectivity index (χ4n) is 3.75. The number of nitrogens with one attached hydrogen (secondary N) is 2. The number of sulfone groups is 1. The Bertz CT molecular complexity index is 854. The second-order valence-corrected chi connectivity index (χ2v) is 11.0. The van der Waals surface area contributed by atoms with Gasteiger partial charge in [0.1, 0.15) is 0 Å². The first kappa shape index (κ1) is 21.2. The zero-order valence-corrected chi connectivity index (χ0v) is 18.0. The van der Waals surface area contributed by atoms with Gasteiger partial charge >= 0.3 is 0 Å². The van der Waals surface area contributed by atoms with E-state index in [0.29, 0.717) is 18.0 Å². The van der Waals surface area contributed by atoms with Gasteiger partial charge in [-0.05, 0) is 43.4 Å². The van der Waals surface area contributed by atoms with Crippen molar-refractivity contribution in [2.75, 3.05) is 11.1 Å². The van der Waals surface area contributed by atoms with Crippen LogP contribution in [0.5, 0.6) is 0 Å². The molecule has 0 radical (unpaired) electrons. The summed E-state index contributed by atoms with van der Waals surface area (Å²) in [5, 5.41) is 5.64. The van der Waals surface area contributed by atoms with Gasteiger partial charge in [-0.1, -0.05) is 26.7 Å². The van der Waals surface area contributed by atoms with E-state index in [-0.39, 0.29) is 40.2 Å². The van der Waals surface area contributed by atoms with Crippen LogP contribution in [0.1, 0.15) is 52.4 Å². The molecule has 3 rings (SSSR count). The number of anilines is 1. The van der Waals surface area contributed by atoms with Crippen molar-refractivity contribution in [3.63, 3.8) is 0 Å². The molecule has 8 heteroatoms. The lowest BCUT2D eigenvalue weighted by atomic mass is 9.86. The van der Waals surface area contributed by atoms with Crippen molar-refractivity contribution in [1.82, 2.24) is 5.32 Å². The van der Waals surface area contributed by atoms with Gasteiger partial charge in [0.25, 0.3) is 0 Å². The number of rotatable bonds is 6. The molecule has 3 atom stereocenters. The van der Waals surface area contributed by atoms with Gasteiger partial charge in [0, 0.05) is 17.4 Å². The van der Waals surface area contributed by atoms with Crippen LogP contribution < -0.4 is 10.6 Å². The molecule has 1 aliphatic heterocycles. The molecule has 154 valence electrons. The van der Waals surface area contributed by atoms with Crippen molar-refractivity contribution in [2.24, 2.45) is 5.92 Å². The Morgan fingerprint density at radius 3 is 2.75 bits per heavy atom. The lowest BCUT2D eigenvalue weighted by Crippen LogP contribution is -2.41. The number of carbonyl (C=O) groups is 2. The Morgan fingerprint density at radius 1 is 1.29 bits per heavy atom. The van der Waals surface area contributed by atoms with Gasteiger partial charge in [-0.2, -0.15) is 0 Å². The van der Waals surface area contributed by atoms with E-state index in [1.807, 2.05) is 6.92 Å². The largest absolute Gasteiger partial charge is 0.353 e. The minimum atomic E-state index is -3.60. The molecular weight excluding hydrogens is 396 g/mol. The highest BCUT2D eigenvalue weighted by Gasteiger charge is 2.28. The Morgan fingerprint density at radius 2 is 2.04 bits per heavy atom. The zero-order valence-electron chi connectivity index (χ0n) is 16.4. The molecule has 2 amide bonds. The van der Waals surface area contributed by atoms with E-state index < -0.39 is 9.84 Å². The summed E-state index contributed by atoms with van der Waals surface area (Å²) < 4.78 is 25.4. The first-order valence-electron chi connectivity index (χ1n) is 9.94. The molecule has 28 heavy (non-hydrogen) atoms. The smallest absolute Gasteiger partial charge is 0.237 e. The van der Waals surface area contributed by atoms with E-state index in [0.717, 1.165) is 24.2 Å². The van der Waals surface area contributed by atoms with Gasteiger partial charge in [0.15, 0.2) is 9.84 Å². The van der Waals surface area contributed by atoms with Crippen LogP contribution in [-0.4, -0.2) is 37.3 Å². The van der Waals surface area contributed by atoms with Crippen LogP contribution in [0.15, 0.2) is 28.0 Å². The molecule has 1 aromatic carbocycles. The number of hydrogen-bond donors (Lipinski definition) is 2. The molecule has 1 saturated carbocycles. The van der Waals surface area contributed by atoms with Crippen molar-refractivity contribution in [3.8, 4) is 0 Å². The predicted octanol–water partition coefficient (Wildman–Crippen LogP) is 3.37. The average molecular weight is 425 g/mol. The van der Waals surface area contributed by atoms with E-state index in [9.17, 15) is 18.0 Å². The number of benzene rings is 1. The molecule has 1 heterocycles. The summed E-state index contributed by atoms with van der Waals surface area (Å²) >= 11 is 1.45. The van der Waals surface area contributed by atoms with Crippen LogP contribution in [0.3, 0.4) is 0 Å². The van der Waals surface area contributed by atoms with Gasteiger partial charge in [0.05, 0.1) is 21.6 Å². The highest BCUT2D eigenvalue weighted by Crippen LogP contribution is 2.38. The summed E-state index contributed by atoms with van der Waals surface area (Å²) in [6.07, 6.45) is 5.01. The van der Waals surface area contributed by atoms with Crippen LogP contribution in [0, 0.1) is 5.92 Å². The monoisotopic (exact) mass is 424 g/mol. The summed E-state index contributed by atoms with van der Waals surface area (Å²) in [6.45, 7) is 4.07. The van der Waals surface area contributed by atoms with Gasteiger partial charge in [-0.3, -0.25) is 9.59 Å². The molecule has 0 spiro atoms. The lowest BCUT2D eigenvalue weighted by molar-refractivity contribution is -0.122. The first-order chi connectivity index (χ1) is 13.3. The molecule has 0 saturated heterocycles. The van der Waals surface area contributed by atoms with Crippen LogP contribution in [0.2, 0.25) is 0 Å². The molecule has 1 aliphatic carbocycles. The third kappa shape index (κ3) is 4.89. The van der Waals surface area contributed by atoms with E-state index in [1.54, 1.807) is 12.1 Å². The molecular formula is C20H28N2O4S2. The van der Waals surface area contributed by atoms with Gasteiger partial charge < -0.3 is 10.6 Å². The summed E-state index contributed by atoms with van der Waals surface area (Å²) in [7, 11) is -3.60. The highest BCUT2D eigenvalue weighted by molar-refractivity contribution is 8.01. The summed E-state index contributed by atoms with van der Waals surface area (Å²) in [5.74, 6) is -0.120. The summed E-state index contributed by atoms with van der Waals surface area (Å²) in [4.78, 5) is 25.3. The molecule has 1 aromatic rings. The SMILES string of the molecule is CC[C@@H]1Sc2ccc(S(=O)(=O)CCC(=O)N[C@H]3CCCC[C@H]3C)cc2NC1=O. The molecule has 0 unspecified atom stereocenters. The maximum atomic E-state index is 12.7. The van der Waals surface area contributed by atoms with Crippen molar-refractivity contribution in [3.05, 3.63) is 18.2 Å². The van der Waals surface area contributed by atoms with E-state index in [1.165, 1.54) is 24.2 Å². The van der Waals surface area contributed by atoms with Crippen molar-refractivity contribution in [1.29, 1.82) is 0 Å². The molecule has 1 fully saturated rings. The van der Waals surface area contributed by atoms with E-state index in [4.69, 9.17) is 0 Å². The summed E-state index contributed by atoms with van der Waals surface area (Å²) in [5.41, 5.74) is 0.529. The number of fused-ring (bicyclic) bond motifs is 1. The zero-order chi connectivity index (χ0) is 20.3. The molecule has 2 aliphatic rings. The molecule has 0 bridgehead atoms.